The number of Topliss-reactive ketones (excluding diaryl/α,β-unsaturated/α-hetero) is 1. The van der Waals surface area contributed by atoms with Crippen molar-refractivity contribution in [1.29, 1.82) is 0 Å². The van der Waals surface area contributed by atoms with E-state index >= 15 is 0 Å². The van der Waals surface area contributed by atoms with Gasteiger partial charge in [-0.2, -0.15) is 0 Å². The van der Waals surface area contributed by atoms with Crippen LogP contribution in [0.2, 0.25) is 0 Å². The van der Waals surface area contributed by atoms with E-state index in [2.05, 4.69) is 23.7 Å². The topological polar surface area (TPSA) is 78.2 Å². The van der Waals surface area contributed by atoms with Crippen molar-refractivity contribution in [2.45, 2.75) is 40.2 Å². The predicted octanol–water partition coefficient (Wildman–Crippen LogP) is 4.10. The number of imidazole rings is 1. The standard InChI is InChI=1S/C27H32N4O3/c1-5-29(6-2)15-11-17-31-23(20-13-8-7-9-14-20)21(25(33)27(31)34)24(32)22-19(4)30-16-10-12-18(3)26(30)28-22/h7-10,12-14,16,23,32H,5-6,11,15,17H2,1-4H3. The Morgan fingerprint density at radius 3 is 2.41 bits per heavy atom. The lowest BCUT2D eigenvalue weighted by atomic mass is 9.96. The smallest absolute Gasteiger partial charge is 0.295 e. The van der Waals surface area contributed by atoms with Crippen molar-refractivity contribution in [3.63, 3.8) is 0 Å². The summed E-state index contributed by atoms with van der Waals surface area (Å²) in [5.41, 5.74) is 3.62. The first kappa shape index (κ1) is 23.7. The summed E-state index contributed by atoms with van der Waals surface area (Å²) in [6, 6.07) is 12.7. The monoisotopic (exact) mass is 460 g/mol. The number of fused-ring (bicyclic) bond motifs is 1. The number of pyridine rings is 1. The molecule has 7 heteroatoms. The highest BCUT2D eigenvalue weighted by molar-refractivity contribution is 6.46. The van der Waals surface area contributed by atoms with Crippen LogP contribution in [0.5, 0.6) is 0 Å². The molecule has 1 amide bonds. The Kier molecular flexibility index (Phi) is 6.84. The van der Waals surface area contributed by atoms with Crippen molar-refractivity contribution in [1.82, 2.24) is 19.2 Å². The lowest BCUT2D eigenvalue weighted by molar-refractivity contribution is -0.140. The fourth-order valence-electron chi connectivity index (χ4n) is 4.77. The Hall–Kier alpha value is -3.45. The van der Waals surface area contributed by atoms with E-state index in [9.17, 15) is 14.7 Å². The zero-order valence-corrected chi connectivity index (χ0v) is 20.3. The second-order valence-electron chi connectivity index (χ2n) is 8.71. The third kappa shape index (κ3) is 4.12. The Labute approximate surface area is 200 Å². The molecule has 3 heterocycles. The second-order valence-corrected chi connectivity index (χ2v) is 8.71. The molecule has 1 unspecified atom stereocenters. The maximum absolute atomic E-state index is 13.3. The van der Waals surface area contributed by atoms with Crippen molar-refractivity contribution >= 4 is 23.1 Å². The van der Waals surface area contributed by atoms with Gasteiger partial charge in [-0.1, -0.05) is 50.2 Å². The lowest BCUT2D eigenvalue weighted by Gasteiger charge is -2.26. The van der Waals surface area contributed by atoms with E-state index in [0.29, 0.717) is 17.9 Å². The highest BCUT2D eigenvalue weighted by Crippen LogP contribution is 2.39. The van der Waals surface area contributed by atoms with Crippen LogP contribution in [0.3, 0.4) is 0 Å². The summed E-state index contributed by atoms with van der Waals surface area (Å²) in [5, 5.41) is 11.4. The number of amides is 1. The van der Waals surface area contributed by atoms with Crippen molar-refractivity contribution in [2.75, 3.05) is 26.2 Å². The van der Waals surface area contributed by atoms with Crippen LogP contribution in [0.25, 0.3) is 11.4 Å². The van der Waals surface area contributed by atoms with Gasteiger partial charge < -0.3 is 19.3 Å². The first-order chi connectivity index (χ1) is 16.4. The second kappa shape index (κ2) is 9.81. The summed E-state index contributed by atoms with van der Waals surface area (Å²) in [4.78, 5) is 34.9. The number of aliphatic hydroxyl groups excluding tert-OH is 1. The van der Waals surface area contributed by atoms with Gasteiger partial charge >= 0.3 is 0 Å². The Morgan fingerprint density at radius 2 is 1.76 bits per heavy atom. The Morgan fingerprint density at radius 1 is 1.06 bits per heavy atom. The average molecular weight is 461 g/mol. The number of hydrogen-bond acceptors (Lipinski definition) is 5. The van der Waals surface area contributed by atoms with E-state index in [4.69, 9.17) is 0 Å². The largest absolute Gasteiger partial charge is 0.505 e. The quantitative estimate of drug-likeness (QED) is 0.311. The molecular weight excluding hydrogens is 428 g/mol. The van der Waals surface area contributed by atoms with E-state index in [1.807, 2.05) is 66.9 Å². The summed E-state index contributed by atoms with van der Waals surface area (Å²) in [6.45, 7) is 11.2. The van der Waals surface area contributed by atoms with Crippen LogP contribution in [0.4, 0.5) is 0 Å². The van der Waals surface area contributed by atoms with Gasteiger partial charge in [0.1, 0.15) is 11.3 Å². The van der Waals surface area contributed by atoms with Gasteiger partial charge in [0, 0.05) is 12.7 Å². The number of carbonyl (C=O) groups is 2. The minimum atomic E-state index is -0.664. The highest BCUT2D eigenvalue weighted by atomic mass is 16.3. The van der Waals surface area contributed by atoms with Crippen LogP contribution in [-0.2, 0) is 9.59 Å². The molecule has 1 N–H and O–H groups in total. The highest BCUT2D eigenvalue weighted by Gasteiger charge is 2.46. The van der Waals surface area contributed by atoms with Gasteiger partial charge in [-0.3, -0.25) is 9.59 Å². The molecule has 2 aromatic heterocycles. The van der Waals surface area contributed by atoms with Gasteiger partial charge in [-0.05, 0) is 57.1 Å². The van der Waals surface area contributed by atoms with Crippen LogP contribution in [0, 0.1) is 13.8 Å². The van der Waals surface area contributed by atoms with Crippen molar-refractivity contribution in [3.05, 3.63) is 76.7 Å². The molecule has 0 spiro atoms. The molecule has 0 radical (unpaired) electrons. The number of aryl methyl sites for hydroxylation is 2. The van der Waals surface area contributed by atoms with E-state index < -0.39 is 17.7 Å². The van der Waals surface area contributed by atoms with Crippen LogP contribution < -0.4 is 0 Å². The molecule has 0 saturated carbocycles. The molecule has 1 fully saturated rings. The minimum Gasteiger partial charge on any atom is -0.505 e. The normalized spacial score (nSPS) is 17.9. The van der Waals surface area contributed by atoms with Gasteiger partial charge in [-0.15, -0.1) is 0 Å². The number of benzene rings is 1. The van der Waals surface area contributed by atoms with Crippen LogP contribution in [0.1, 0.15) is 48.8 Å². The van der Waals surface area contributed by atoms with Crippen LogP contribution in [-0.4, -0.2) is 62.2 Å². The molecular formula is C27H32N4O3. The molecule has 0 aliphatic carbocycles. The Balaban J connectivity index is 1.80. The van der Waals surface area contributed by atoms with E-state index in [1.54, 1.807) is 4.90 Å². The zero-order chi connectivity index (χ0) is 24.4. The summed E-state index contributed by atoms with van der Waals surface area (Å²) < 4.78 is 1.89. The summed E-state index contributed by atoms with van der Waals surface area (Å²) in [5.74, 6) is -1.46. The minimum absolute atomic E-state index is 0.100. The Bertz CT molecular complexity index is 1240. The molecule has 4 rings (SSSR count). The van der Waals surface area contributed by atoms with Crippen LogP contribution >= 0.6 is 0 Å². The number of rotatable bonds is 8. The van der Waals surface area contributed by atoms with Gasteiger partial charge in [0.25, 0.3) is 11.7 Å². The summed E-state index contributed by atoms with van der Waals surface area (Å²) in [6.07, 6.45) is 2.62. The maximum atomic E-state index is 13.3. The van der Waals surface area contributed by atoms with Gasteiger partial charge in [0.2, 0.25) is 0 Å². The molecule has 0 bridgehead atoms. The number of aromatic nitrogens is 2. The summed E-state index contributed by atoms with van der Waals surface area (Å²) in [7, 11) is 0. The third-order valence-corrected chi connectivity index (χ3v) is 6.73. The number of aliphatic hydroxyl groups is 1. The lowest BCUT2D eigenvalue weighted by Crippen LogP contribution is -2.33. The van der Waals surface area contributed by atoms with E-state index in [1.165, 1.54) is 0 Å². The molecule has 178 valence electrons. The van der Waals surface area contributed by atoms with E-state index in [0.717, 1.165) is 42.9 Å². The first-order valence-corrected chi connectivity index (χ1v) is 11.9. The molecule has 1 saturated heterocycles. The SMILES string of the molecule is CCN(CC)CCCN1C(=O)C(=O)C(=C(O)c2nc3c(C)cccn3c2C)C1c1ccccc1. The number of likely N-dealkylation sites (tertiary alicyclic amines) is 1. The van der Waals surface area contributed by atoms with Gasteiger partial charge in [0.05, 0.1) is 17.3 Å². The third-order valence-electron chi connectivity index (χ3n) is 6.73. The van der Waals surface area contributed by atoms with Gasteiger partial charge in [0.15, 0.2) is 5.76 Å². The molecule has 1 aromatic carbocycles. The number of carbonyl (C=O) groups excluding carboxylic acids is 2. The number of hydrogen-bond donors (Lipinski definition) is 1. The molecule has 3 aromatic rings. The van der Waals surface area contributed by atoms with Crippen molar-refractivity contribution in [2.24, 2.45) is 0 Å². The molecule has 1 aliphatic rings. The molecule has 34 heavy (non-hydrogen) atoms. The maximum Gasteiger partial charge on any atom is 0.295 e. The summed E-state index contributed by atoms with van der Waals surface area (Å²) >= 11 is 0. The van der Waals surface area contributed by atoms with Crippen LogP contribution in [0.15, 0.2) is 54.2 Å². The fraction of sp³-hybridized carbons (Fsp3) is 0.370. The average Bonchev–Trinajstić information content (AvgIpc) is 3.32. The first-order valence-electron chi connectivity index (χ1n) is 11.9. The van der Waals surface area contributed by atoms with Gasteiger partial charge in [-0.25, -0.2) is 4.98 Å². The fourth-order valence-corrected chi connectivity index (χ4v) is 4.77. The van der Waals surface area contributed by atoms with Crippen molar-refractivity contribution in [3.8, 4) is 0 Å². The number of ketones is 1. The molecule has 1 atom stereocenters. The predicted molar refractivity (Wildman–Crippen MR) is 133 cm³/mol. The number of nitrogens with zero attached hydrogens (tertiary/aromatic N) is 4. The molecule has 1 aliphatic heterocycles. The zero-order valence-electron chi connectivity index (χ0n) is 20.3. The molecule has 7 nitrogen and oxygen atoms in total. The van der Waals surface area contributed by atoms with Crippen molar-refractivity contribution < 1.29 is 14.7 Å². The van der Waals surface area contributed by atoms with E-state index in [-0.39, 0.29) is 11.3 Å².